The standard InChI is InChI=1S/C20H26N16/c21-17(22)33-29-9-15(31-35-19(25)26)13-5-1-11(2-6-13)12-3-7-14(8-4-12)16(32-36-20(27)28)10-30-34-18(23)24/h1-10H,(H4,21,22,33)(H4,23,24,34)(H4,25,26,35)(H4,27,28,36). The lowest BCUT2D eigenvalue weighted by atomic mass is 10.0. The average Bonchev–Trinajstić information content (AvgIpc) is 2.83. The molecule has 0 fully saturated rings. The zero-order chi connectivity index (χ0) is 26.5. The quantitative estimate of drug-likeness (QED) is 0.108. The molecule has 36 heavy (non-hydrogen) atoms. The average molecular weight is 491 g/mol. The van der Waals surface area contributed by atoms with E-state index in [1.807, 2.05) is 24.3 Å². The summed E-state index contributed by atoms with van der Waals surface area (Å²) in [5.41, 5.74) is 46.3. The van der Waals surface area contributed by atoms with Gasteiger partial charge in [0.15, 0.2) is 0 Å². The van der Waals surface area contributed by atoms with Crippen molar-refractivity contribution < 1.29 is 0 Å². The van der Waals surface area contributed by atoms with Crippen molar-refractivity contribution in [3.8, 4) is 11.1 Å². The first-order valence-corrected chi connectivity index (χ1v) is 9.94. The molecule has 0 unspecified atom stereocenters. The van der Waals surface area contributed by atoms with Crippen LogP contribution in [0, 0.1) is 0 Å². The highest BCUT2D eigenvalue weighted by Crippen LogP contribution is 2.21. The van der Waals surface area contributed by atoms with E-state index in [2.05, 4.69) is 40.8 Å². The molecule has 0 bridgehead atoms. The fourth-order valence-corrected chi connectivity index (χ4v) is 2.51. The summed E-state index contributed by atoms with van der Waals surface area (Å²) in [7, 11) is 0. The normalized spacial score (nSPS) is 11.8. The van der Waals surface area contributed by atoms with Crippen LogP contribution < -0.4 is 45.9 Å². The smallest absolute Gasteiger partial charge is 0.211 e. The number of nitrogens with two attached hydrogens (primary N) is 8. The summed E-state index contributed by atoms with van der Waals surface area (Å²) in [5.74, 6) is -0.850. The van der Waals surface area contributed by atoms with Gasteiger partial charge in [-0.15, -0.1) is 30.6 Å². The molecule has 0 aromatic heterocycles. The molecule has 0 radical (unpaired) electrons. The van der Waals surface area contributed by atoms with E-state index in [9.17, 15) is 0 Å². The molecule has 0 heterocycles. The van der Waals surface area contributed by atoms with Crippen molar-refractivity contribution in [1.29, 1.82) is 0 Å². The second-order valence-electron chi connectivity index (χ2n) is 6.71. The van der Waals surface area contributed by atoms with Crippen LogP contribution in [0.25, 0.3) is 11.1 Å². The van der Waals surface area contributed by atoms with E-state index in [4.69, 9.17) is 45.9 Å². The van der Waals surface area contributed by atoms with E-state index >= 15 is 0 Å². The molecule has 2 rings (SSSR count). The maximum Gasteiger partial charge on any atom is 0.211 e. The Hall–Kier alpha value is -5.80. The van der Waals surface area contributed by atoms with E-state index in [1.165, 1.54) is 12.4 Å². The monoisotopic (exact) mass is 490 g/mol. The third-order valence-electron chi connectivity index (χ3n) is 3.95. The van der Waals surface area contributed by atoms with E-state index in [-0.39, 0.29) is 23.8 Å². The molecule has 0 atom stereocenters. The van der Waals surface area contributed by atoms with Crippen molar-refractivity contribution >= 4 is 47.7 Å². The lowest BCUT2D eigenvalue weighted by Gasteiger charge is -2.06. The van der Waals surface area contributed by atoms with Gasteiger partial charge in [-0.05, 0) is 11.1 Å². The summed E-state index contributed by atoms with van der Waals surface area (Å²) in [6.07, 6.45) is 2.63. The number of hydrogen-bond donors (Lipinski definition) is 8. The number of rotatable bonds is 9. The largest absolute Gasteiger partial charge is 0.369 e. The van der Waals surface area contributed by atoms with Crippen molar-refractivity contribution in [1.82, 2.24) is 0 Å². The minimum atomic E-state index is -0.217. The Morgan fingerprint density at radius 2 is 0.722 bits per heavy atom. The molecule has 2 aromatic carbocycles. The Labute approximate surface area is 205 Å². The first-order valence-electron chi connectivity index (χ1n) is 9.94. The van der Waals surface area contributed by atoms with Crippen LogP contribution in [-0.4, -0.2) is 47.7 Å². The molecule has 16 nitrogen and oxygen atoms in total. The zero-order valence-electron chi connectivity index (χ0n) is 19.0. The van der Waals surface area contributed by atoms with Gasteiger partial charge >= 0.3 is 0 Å². The zero-order valence-corrected chi connectivity index (χ0v) is 19.0. The first kappa shape index (κ1) is 26.5. The van der Waals surface area contributed by atoms with Crippen molar-refractivity contribution in [3.05, 3.63) is 59.7 Å². The van der Waals surface area contributed by atoms with Gasteiger partial charge in [0.2, 0.25) is 23.8 Å². The molecule has 0 aliphatic rings. The highest BCUT2D eigenvalue weighted by atomic mass is 15.3. The fourth-order valence-electron chi connectivity index (χ4n) is 2.51. The highest BCUT2D eigenvalue weighted by Gasteiger charge is 2.06. The van der Waals surface area contributed by atoms with Crippen molar-refractivity contribution in [2.45, 2.75) is 0 Å². The molecule has 186 valence electrons. The van der Waals surface area contributed by atoms with Gasteiger partial charge in [-0.1, -0.05) is 48.5 Å². The van der Waals surface area contributed by atoms with Crippen LogP contribution in [0.1, 0.15) is 11.1 Å². The first-order chi connectivity index (χ1) is 17.2. The lowest BCUT2D eigenvalue weighted by molar-refractivity contribution is 1.20. The Morgan fingerprint density at radius 1 is 0.417 bits per heavy atom. The third kappa shape index (κ3) is 8.98. The van der Waals surface area contributed by atoms with E-state index in [0.717, 1.165) is 11.1 Å². The van der Waals surface area contributed by atoms with Crippen LogP contribution in [0.15, 0.2) is 89.3 Å². The summed E-state index contributed by atoms with van der Waals surface area (Å²) in [6.45, 7) is 0. The molecule has 0 spiro atoms. The predicted octanol–water partition coefficient (Wildman–Crippen LogP) is -2.17. The lowest BCUT2D eigenvalue weighted by Crippen LogP contribution is -2.22. The predicted molar refractivity (Wildman–Crippen MR) is 145 cm³/mol. The Bertz CT molecular complexity index is 1160. The second kappa shape index (κ2) is 13.0. The molecule has 0 amide bonds. The van der Waals surface area contributed by atoms with E-state index in [1.54, 1.807) is 24.3 Å². The molecular weight excluding hydrogens is 464 g/mol. The topological polar surface area (TPSA) is 307 Å². The van der Waals surface area contributed by atoms with Crippen LogP contribution in [0.3, 0.4) is 0 Å². The maximum absolute atomic E-state index is 5.36. The molecule has 0 saturated heterocycles. The van der Waals surface area contributed by atoms with Gasteiger partial charge in [-0.3, -0.25) is 0 Å². The number of guanidine groups is 4. The Kier molecular flexibility index (Phi) is 9.58. The van der Waals surface area contributed by atoms with Crippen LogP contribution >= 0.6 is 0 Å². The molecule has 16 N–H and O–H groups in total. The minimum absolute atomic E-state index is 0.208. The summed E-state index contributed by atoms with van der Waals surface area (Å²) < 4.78 is 0. The summed E-state index contributed by atoms with van der Waals surface area (Å²) in [6, 6.07) is 14.7. The van der Waals surface area contributed by atoms with E-state index < -0.39 is 0 Å². The van der Waals surface area contributed by atoms with Crippen molar-refractivity contribution in [2.24, 2.45) is 86.7 Å². The summed E-state index contributed by atoms with van der Waals surface area (Å²) >= 11 is 0. The molecule has 2 aromatic rings. The van der Waals surface area contributed by atoms with Gasteiger partial charge in [0.05, 0.1) is 12.4 Å². The van der Waals surface area contributed by atoms with Crippen LogP contribution in [0.5, 0.6) is 0 Å². The van der Waals surface area contributed by atoms with Gasteiger partial charge in [-0.25, -0.2) is 0 Å². The second-order valence-corrected chi connectivity index (χ2v) is 6.71. The summed E-state index contributed by atoms with van der Waals surface area (Å²) in [5, 5.41) is 29.8. The van der Waals surface area contributed by atoms with E-state index in [0.29, 0.717) is 22.6 Å². The van der Waals surface area contributed by atoms with Crippen LogP contribution in [0.4, 0.5) is 0 Å². The molecule has 0 saturated carbocycles. The number of nitrogens with zero attached hydrogens (tertiary/aromatic N) is 8. The van der Waals surface area contributed by atoms with Gasteiger partial charge in [0, 0.05) is 11.1 Å². The van der Waals surface area contributed by atoms with Crippen molar-refractivity contribution in [2.75, 3.05) is 0 Å². The van der Waals surface area contributed by atoms with Gasteiger partial charge in [0.1, 0.15) is 11.4 Å². The highest BCUT2D eigenvalue weighted by molar-refractivity contribution is 6.38. The molecule has 16 heteroatoms. The van der Waals surface area contributed by atoms with Crippen LogP contribution in [0.2, 0.25) is 0 Å². The van der Waals surface area contributed by atoms with Gasteiger partial charge in [0.25, 0.3) is 0 Å². The SMILES string of the molecule is NC(N)=NN=CC(=NN=C(N)N)c1ccc(-c2ccc(C(C=NN=C(N)N)=NN=C(N)N)cc2)cc1. The van der Waals surface area contributed by atoms with Crippen molar-refractivity contribution in [3.63, 3.8) is 0 Å². The molecule has 0 aliphatic carbocycles. The van der Waals surface area contributed by atoms with Gasteiger partial charge in [-0.2, -0.15) is 10.2 Å². The summed E-state index contributed by atoms with van der Waals surface area (Å²) in [4.78, 5) is 0. The molecular formula is C20H26N16. The molecule has 0 aliphatic heterocycles. The van der Waals surface area contributed by atoms with Crippen LogP contribution in [-0.2, 0) is 0 Å². The maximum atomic E-state index is 5.36. The number of hydrogen-bond acceptors (Lipinski definition) is 8. The fraction of sp³-hybridized carbons (Fsp3) is 0. The number of benzene rings is 2. The third-order valence-corrected chi connectivity index (χ3v) is 3.95. The Balaban J connectivity index is 2.34. The Morgan fingerprint density at radius 3 is 1.00 bits per heavy atom. The van der Waals surface area contributed by atoms with Gasteiger partial charge < -0.3 is 45.9 Å². The minimum Gasteiger partial charge on any atom is -0.369 e.